The summed E-state index contributed by atoms with van der Waals surface area (Å²) in [6.45, 7) is 0. The Morgan fingerprint density at radius 3 is 1.93 bits per heavy atom. The van der Waals surface area contributed by atoms with Crippen LogP contribution in [-0.2, 0) is 20.2 Å². The van der Waals surface area contributed by atoms with Gasteiger partial charge in [-0.1, -0.05) is 12.8 Å². The predicted molar refractivity (Wildman–Crippen MR) is 56.1 cm³/mol. The molecule has 0 radical (unpaired) electrons. The fraction of sp³-hybridized carbons (Fsp3) is 1.00. The Kier molecular flexibility index (Phi) is 6.04. The van der Waals surface area contributed by atoms with E-state index in [0.717, 1.165) is 0 Å². The van der Waals surface area contributed by atoms with Gasteiger partial charge in [0.25, 0.3) is 20.2 Å². The zero-order valence-electron chi connectivity index (χ0n) is 7.83. The van der Waals surface area contributed by atoms with Gasteiger partial charge in [0.2, 0.25) is 0 Å². The van der Waals surface area contributed by atoms with Crippen LogP contribution in [0.2, 0.25) is 0 Å². The van der Waals surface area contributed by atoms with Gasteiger partial charge in [-0.25, -0.2) is 0 Å². The first kappa shape index (κ1) is 15.1. The van der Waals surface area contributed by atoms with Crippen LogP contribution in [0.15, 0.2) is 0 Å². The summed E-state index contributed by atoms with van der Waals surface area (Å²) in [5.41, 5.74) is 0. The SMILES string of the molecule is O=S(=O)(O)CCCCCC(Cl)S(=O)(=O)O. The monoisotopic (exact) mass is 280 g/mol. The fourth-order valence-corrected chi connectivity index (χ4v) is 2.10. The molecule has 0 bridgehead atoms. The summed E-state index contributed by atoms with van der Waals surface area (Å²) in [4.78, 5) is 0. The van der Waals surface area contributed by atoms with Crippen LogP contribution in [0.25, 0.3) is 0 Å². The summed E-state index contributed by atoms with van der Waals surface area (Å²) in [5.74, 6) is -0.355. The number of halogens is 1. The van der Waals surface area contributed by atoms with Crippen molar-refractivity contribution in [2.45, 2.75) is 30.4 Å². The normalized spacial score (nSPS) is 15.1. The second-order valence-corrected chi connectivity index (χ2v) is 7.02. The summed E-state index contributed by atoms with van der Waals surface area (Å²) in [6, 6.07) is 0. The Balaban J connectivity index is 3.65. The molecule has 1 unspecified atom stereocenters. The summed E-state index contributed by atoms with van der Waals surface area (Å²) in [5, 5.41) is 0. The average Bonchev–Trinajstić information content (AvgIpc) is 1.99. The van der Waals surface area contributed by atoms with E-state index in [2.05, 4.69) is 0 Å². The van der Waals surface area contributed by atoms with Gasteiger partial charge in [0.05, 0.1) is 5.75 Å². The maximum absolute atomic E-state index is 10.4. The Hall–Kier alpha value is 0.110. The van der Waals surface area contributed by atoms with Crippen LogP contribution in [0.1, 0.15) is 25.7 Å². The predicted octanol–water partition coefficient (Wildman–Crippen LogP) is 0.887. The van der Waals surface area contributed by atoms with Crippen LogP contribution >= 0.6 is 11.6 Å². The van der Waals surface area contributed by atoms with E-state index in [1.807, 2.05) is 0 Å². The average molecular weight is 281 g/mol. The van der Waals surface area contributed by atoms with Gasteiger partial charge in [-0.2, -0.15) is 16.8 Å². The van der Waals surface area contributed by atoms with Crippen LogP contribution < -0.4 is 0 Å². The van der Waals surface area contributed by atoms with Gasteiger partial charge < -0.3 is 0 Å². The lowest BCUT2D eigenvalue weighted by atomic mass is 10.2. The summed E-state index contributed by atoms with van der Waals surface area (Å²) < 4.78 is 56.9. The summed E-state index contributed by atoms with van der Waals surface area (Å²) >= 11 is 5.32. The fourth-order valence-electron chi connectivity index (χ4n) is 0.915. The minimum Gasteiger partial charge on any atom is -0.286 e. The lowest BCUT2D eigenvalue weighted by Crippen LogP contribution is -2.13. The van der Waals surface area contributed by atoms with Gasteiger partial charge in [0.1, 0.15) is 0 Å². The standard InChI is InChI=1S/C6H13ClO6S2/c7-6(15(11,12)13)4-2-1-3-5-14(8,9)10/h6H,1-5H2,(H,8,9,10)(H,11,12,13). The maximum Gasteiger partial charge on any atom is 0.281 e. The quantitative estimate of drug-likeness (QED) is 0.407. The Morgan fingerprint density at radius 2 is 1.53 bits per heavy atom. The van der Waals surface area contributed by atoms with Crippen LogP contribution in [0, 0.1) is 0 Å². The molecule has 0 amide bonds. The van der Waals surface area contributed by atoms with Crippen molar-refractivity contribution in [3.63, 3.8) is 0 Å². The molecule has 0 aromatic heterocycles. The molecular formula is C6H13ClO6S2. The third kappa shape index (κ3) is 9.06. The number of hydrogen-bond donors (Lipinski definition) is 2. The first-order chi connectivity index (χ1) is 6.63. The molecule has 0 heterocycles. The third-order valence-electron chi connectivity index (χ3n) is 1.66. The van der Waals surface area contributed by atoms with Gasteiger partial charge in [0, 0.05) is 0 Å². The molecule has 0 fully saturated rings. The van der Waals surface area contributed by atoms with E-state index in [9.17, 15) is 16.8 Å². The molecule has 92 valence electrons. The summed E-state index contributed by atoms with van der Waals surface area (Å²) in [7, 11) is -8.17. The van der Waals surface area contributed by atoms with E-state index in [0.29, 0.717) is 12.8 Å². The third-order valence-corrected chi connectivity index (χ3v) is 4.24. The van der Waals surface area contributed by atoms with Crippen molar-refractivity contribution in [2.75, 3.05) is 5.75 Å². The van der Waals surface area contributed by atoms with Crippen molar-refractivity contribution in [1.29, 1.82) is 0 Å². The van der Waals surface area contributed by atoms with E-state index in [1.165, 1.54) is 0 Å². The Morgan fingerprint density at radius 1 is 1.00 bits per heavy atom. The van der Waals surface area contributed by atoms with Gasteiger partial charge in [-0.05, 0) is 12.8 Å². The lowest BCUT2D eigenvalue weighted by Gasteiger charge is -2.04. The molecule has 0 aliphatic rings. The molecule has 0 spiro atoms. The van der Waals surface area contributed by atoms with Crippen molar-refractivity contribution in [1.82, 2.24) is 0 Å². The number of rotatable bonds is 7. The molecular weight excluding hydrogens is 268 g/mol. The second kappa shape index (κ2) is 6.00. The van der Waals surface area contributed by atoms with Crippen molar-refractivity contribution < 1.29 is 25.9 Å². The molecule has 0 saturated heterocycles. The molecule has 15 heavy (non-hydrogen) atoms. The van der Waals surface area contributed by atoms with E-state index in [-0.39, 0.29) is 18.6 Å². The molecule has 1 atom stereocenters. The summed E-state index contributed by atoms with van der Waals surface area (Å²) in [6.07, 6.45) is 1.06. The highest BCUT2D eigenvalue weighted by atomic mass is 35.5. The van der Waals surface area contributed by atoms with Crippen LogP contribution in [0.4, 0.5) is 0 Å². The Labute approximate surface area is 94.1 Å². The van der Waals surface area contributed by atoms with Crippen molar-refractivity contribution in [2.24, 2.45) is 0 Å². The van der Waals surface area contributed by atoms with E-state index >= 15 is 0 Å². The van der Waals surface area contributed by atoms with Crippen molar-refractivity contribution in [3.8, 4) is 0 Å². The maximum atomic E-state index is 10.4. The topological polar surface area (TPSA) is 109 Å². The molecule has 6 nitrogen and oxygen atoms in total. The first-order valence-electron chi connectivity index (χ1n) is 4.18. The van der Waals surface area contributed by atoms with Crippen molar-refractivity contribution >= 4 is 31.8 Å². The highest BCUT2D eigenvalue weighted by molar-refractivity contribution is 7.87. The van der Waals surface area contributed by atoms with E-state index in [1.54, 1.807) is 0 Å². The van der Waals surface area contributed by atoms with Gasteiger partial charge in [-0.3, -0.25) is 9.11 Å². The van der Waals surface area contributed by atoms with E-state index < -0.39 is 24.9 Å². The van der Waals surface area contributed by atoms with Crippen LogP contribution in [-0.4, -0.2) is 36.4 Å². The molecule has 0 rings (SSSR count). The lowest BCUT2D eigenvalue weighted by molar-refractivity contribution is 0.470. The van der Waals surface area contributed by atoms with Crippen LogP contribution in [0.5, 0.6) is 0 Å². The number of alkyl halides is 1. The molecule has 0 aromatic rings. The minimum atomic E-state index is -4.22. The minimum absolute atomic E-state index is 0.0475. The number of hydrogen-bond acceptors (Lipinski definition) is 4. The molecule has 0 saturated carbocycles. The zero-order chi connectivity index (χ0) is 12.1. The van der Waals surface area contributed by atoms with E-state index in [4.69, 9.17) is 20.7 Å². The Bertz CT molecular complexity index is 372. The van der Waals surface area contributed by atoms with Crippen LogP contribution in [0.3, 0.4) is 0 Å². The largest absolute Gasteiger partial charge is 0.286 e. The molecule has 2 N–H and O–H groups in total. The van der Waals surface area contributed by atoms with Gasteiger partial charge in [0.15, 0.2) is 4.71 Å². The highest BCUT2D eigenvalue weighted by Crippen LogP contribution is 2.14. The first-order valence-corrected chi connectivity index (χ1v) is 7.73. The van der Waals surface area contributed by atoms with Crippen molar-refractivity contribution in [3.05, 3.63) is 0 Å². The second-order valence-electron chi connectivity index (χ2n) is 3.06. The zero-order valence-corrected chi connectivity index (χ0v) is 10.2. The molecule has 0 aliphatic heterocycles. The van der Waals surface area contributed by atoms with Gasteiger partial charge >= 0.3 is 0 Å². The smallest absolute Gasteiger partial charge is 0.281 e. The number of unbranched alkanes of at least 4 members (excludes halogenated alkanes) is 2. The highest BCUT2D eigenvalue weighted by Gasteiger charge is 2.18. The molecule has 0 aliphatic carbocycles. The molecule has 9 heteroatoms. The molecule has 0 aromatic carbocycles. The van der Waals surface area contributed by atoms with Gasteiger partial charge in [-0.15, -0.1) is 11.6 Å².